The molecule has 0 saturated heterocycles. The summed E-state index contributed by atoms with van der Waals surface area (Å²) >= 11 is 6.25. The van der Waals surface area contributed by atoms with Crippen molar-refractivity contribution in [3.63, 3.8) is 0 Å². The smallest absolute Gasteiger partial charge is 0.267 e. The normalized spacial score (nSPS) is 10.7. The summed E-state index contributed by atoms with van der Waals surface area (Å²) < 4.78 is 0. The zero-order chi connectivity index (χ0) is 14.1. The molecule has 4 heteroatoms. The van der Waals surface area contributed by atoms with Crippen LogP contribution in [0.5, 0.6) is 0 Å². The third kappa shape index (κ3) is 2.12. The van der Waals surface area contributed by atoms with Crippen molar-refractivity contribution < 1.29 is 4.79 Å². The van der Waals surface area contributed by atoms with Gasteiger partial charge in [-0.2, -0.15) is 0 Å². The fourth-order valence-corrected chi connectivity index (χ4v) is 2.44. The first-order valence-electron chi connectivity index (χ1n) is 6.11. The van der Waals surface area contributed by atoms with E-state index in [9.17, 15) is 4.79 Å². The van der Waals surface area contributed by atoms with Crippen LogP contribution >= 0.6 is 11.6 Å². The zero-order valence-corrected chi connectivity index (χ0v) is 11.3. The number of halogens is 1. The molecule has 98 valence electrons. The van der Waals surface area contributed by atoms with E-state index in [4.69, 9.17) is 17.3 Å². The molecule has 3 nitrogen and oxygen atoms in total. The van der Waals surface area contributed by atoms with Crippen LogP contribution in [0.2, 0.25) is 5.02 Å². The molecule has 1 heterocycles. The van der Waals surface area contributed by atoms with E-state index in [1.807, 2.05) is 48.5 Å². The van der Waals surface area contributed by atoms with Gasteiger partial charge in [-0.25, -0.2) is 4.98 Å². The highest BCUT2D eigenvalue weighted by Crippen LogP contribution is 2.33. The monoisotopic (exact) mass is 282 g/mol. The van der Waals surface area contributed by atoms with E-state index in [0.717, 1.165) is 22.0 Å². The quantitative estimate of drug-likeness (QED) is 0.780. The first kappa shape index (κ1) is 12.6. The van der Waals surface area contributed by atoms with Crippen LogP contribution < -0.4 is 5.73 Å². The first-order valence-corrected chi connectivity index (χ1v) is 6.49. The van der Waals surface area contributed by atoms with Crippen LogP contribution in [-0.4, -0.2) is 10.9 Å². The van der Waals surface area contributed by atoms with Gasteiger partial charge in [0.1, 0.15) is 5.69 Å². The molecular formula is C16H11ClN2O. The molecule has 0 radical (unpaired) electrons. The summed E-state index contributed by atoms with van der Waals surface area (Å²) in [5, 5.41) is 1.56. The van der Waals surface area contributed by atoms with Gasteiger partial charge in [0.2, 0.25) is 0 Å². The summed E-state index contributed by atoms with van der Waals surface area (Å²) in [7, 11) is 0. The Hall–Kier alpha value is -2.39. The van der Waals surface area contributed by atoms with Crippen LogP contribution in [0.1, 0.15) is 10.5 Å². The number of hydrogen-bond donors (Lipinski definition) is 1. The van der Waals surface area contributed by atoms with Crippen molar-refractivity contribution in [1.82, 2.24) is 4.98 Å². The van der Waals surface area contributed by atoms with E-state index >= 15 is 0 Å². The molecule has 0 fully saturated rings. The van der Waals surface area contributed by atoms with Gasteiger partial charge in [-0.15, -0.1) is 0 Å². The lowest BCUT2D eigenvalue weighted by molar-refractivity contribution is 0.0996. The number of nitrogens with two attached hydrogens (primary N) is 1. The fourth-order valence-electron chi connectivity index (χ4n) is 2.20. The van der Waals surface area contributed by atoms with Crippen molar-refractivity contribution >= 4 is 28.4 Å². The molecule has 0 aliphatic carbocycles. The van der Waals surface area contributed by atoms with Gasteiger partial charge in [-0.3, -0.25) is 4.79 Å². The molecule has 2 aromatic carbocycles. The molecule has 3 aromatic rings. The van der Waals surface area contributed by atoms with Crippen molar-refractivity contribution in [2.24, 2.45) is 5.73 Å². The summed E-state index contributed by atoms with van der Waals surface area (Å²) in [6.45, 7) is 0. The number of amides is 1. The second-order valence-corrected chi connectivity index (χ2v) is 4.82. The Bertz CT molecular complexity index is 814. The van der Waals surface area contributed by atoms with Gasteiger partial charge < -0.3 is 5.73 Å². The van der Waals surface area contributed by atoms with Crippen LogP contribution in [0.4, 0.5) is 0 Å². The van der Waals surface area contributed by atoms with Gasteiger partial charge >= 0.3 is 0 Å². The molecule has 3 rings (SSSR count). The zero-order valence-electron chi connectivity index (χ0n) is 10.5. The molecule has 1 aromatic heterocycles. The summed E-state index contributed by atoms with van der Waals surface area (Å²) in [5.74, 6) is -0.552. The van der Waals surface area contributed by atoms with E-state index in [2.05, 4.69) is 4.98 Å². The molecule has 1 amide bonds. The van der Waals surface area contributed by atoms with Gasteiger partial charge in [-0.1, -0.05) is 48.0 Å². The lowest BCUT2D eigenvalue weighted by Crippen LogP contribution is -2.13. The van der Waals surface area contributed by atoms with E-state index in [-0.39, 0.29) is 5.69 Å². The second-order valence-electron chi connectivity index (χ2n) is 4.42. The number of hydrogen-bond acceptors (Lipinski definition) is 2. The molecular weight excluding hydrogens is 272 g/mol. The van der Waals surface area contributed by atoms with E-state index < -0.39 is 5.91 Å². The Morgan fingerprint density at radius 2 is 1.70 bits per heavy atom. The maximum atomic E-state index is 11.4. The van der Waals surface area contributed by atoms with Crippen LogP contribution in [0.25, 0.3) is 22.0 Å². The van der Waals surface area contributed by atoms with Gasteiger partial charge in [0, 0.05) is 16.0 Å². The molecule has 0 saturated carbocycles. The molecule has 0 spiro atoms. The standard InChI is InChI=1S/C16H11ClN2O/c17-13-7-3-1-5-10(13)12-9-15(16(18)20)19-14-8-4-2-6-11(12)14/h1-9H,(H2,18,20). The van der Waals surface area contributed by atoms with Crippen molar-refractivity contribution in [2.45, 2.75) is 0 Å². The van der Waals surface area contributed by atoms with Crippen molar-refractivity contribution in [3.05, 3.63) is 65.3 Å². The number of carbonyl (C=O) groups excluding carboxylic acids is 1. The van der Waals surface area contributed by atoms with Gasteiger partial charge in [0.15, 0.2) is 0 Å². The number of aromatic nitrogens is 1. The number of nitrogens with zero attached hydrogens (tertiary/aromatic N) is 1. The van der Waals surface area contributed by atoms with E-state index in [0.29, 0.717) is 5.02 Å². The number of primary amides is 1. The average molecular weight is 283 g/mol. The highest BCUT2D eigenvalue weighted by atomic mass is 35.5. The highest BCUT2D eigenvalue weighted by molar-refractivity contribution is 6.33. The molecule has 0 atom stereocenters. The molecule has 0 bridgehead atoms. The van der Waals surface area contributed by atoms with Crippen LogP contribution in [0.3, 0.4) is 0 Å². The molecule has 20 heavy (non-hydrogen) atoms. The predicted octanol–water partition coefficient (Wildman–Crippen LogP) is 3.65. The maximum absolute atomic E-state index is 11.4. The highest BCUT2D eigenvalue weighted by Gasteiger charge is 2.12. The minimum absolute atomic E-state index is 0.235. The molecule has 0 aliphatic heterocycles. The second kappa shape index (κ2) is 4.94. The molecule has 2 N–H and O–H groups in total. The minimum Gasteiger partial charge on any atom is -0.364 e. The van der Waals surface area contributed by atoms with Crippen molar-refractivity contribution in [2.75, 3.05) is 0 Å². The lowest BCUT2D eigenvalue weighted by Gasteiger charge is -2.10. The van der Waals surface area contributed by atoms with E-state index in [1.165, 1.54) is 0 Å². The Morgan fingerprint density at radius 3 is 2.45 bits per heavy atom. The average Bonchev–Trinajstić information content (AvgIpc) is 2.46. The van der Waals surface area contributed by atoms with Crippen molar-refractivity contribution in [1.29, 1.82) is 0 Å². The Labute approximate surface area is 121 Å². The molecule has 0 aliphatic rings. The predicted molar refractivity (Wildman–Crippen MR) is 80.7 cm³/mol. The number of benzene rings is 2. The number of para-hydroxylation sites is 1. The summed E-state index contributed by atoms with van der Waals surface area (Å²) in [6.07, 6.45) is 0. The fraction of sp³-hybridized carbons (Fsp3) is 0. The van der Waals surface area contributed by atoms with Gasteiger partial charge in [0.25, 0.3) is 5.91 Å². The Morgan fingerprint density at radius 1 is 1.00 bits per heavy atom. The van der Waals surface area contributed by atoms with Crippen LogP contribution in [-0.2, 0) is 0 Å². The summed E-state index contributed by atoms with van der Waals surface area (Å²) in [6, 6.07) is 16.8. The van der Waals surface area contributed by atoms with Crippen LogP contribution in [0, 0.1) is 0 Å². The van der Waals surface area contributed by atoms with Crippen molar-refractivity contribution in [3.8, 4) is 11.1 Å². The Kier molecular flexibility index (Phi) is 3.12. The third-order valence-corrected chi connectivity index (χ3v) is 3.46. The lowest BCUT2D eigenvalue weighted by atomic mass is 10.00. The number of rotatable bonds is 2. The van der Waals surface area contributed by atoms with E-state index in [1.54, 1.807) is 6.07 Å². The topological polar surface area (TPSA) is 56.0 Å². The number of fused-ring (bicyclic) bond motifs is 1. The maximum Gasteiger partial charge on any atom is 0.267 e. The first-order chi connectivity index (χ1) is 9.66. The largest absolute Gasteiger partial charge is 0.364 e. The number of pyridine rings is 1. The minimum atomic E-state index is -0.552. The molecule has 0 unspecified atom stereocenters. The summed E-state index contributed by atoms with van der Waals surface area (Å²) in [5.41, 5.74) is 8.02. The SMILES string of the molecule is NC(=O)c1cc(-c2ccccc2Cl)c2ccccc2n1. The number of carbonyl (C=O) groups is 1. The summed E-state index contributed by atoms with van der Waals surface area (Å²) in [4.78, 5) is 15.7. The third-order valence-electron chi connectivity index (χ3n) is 3.13. The van der Waals surface area contributed by atoms with Gasteiger partial charge in [-0.05, 0) is 23.8 Å². The van der Waals surface area contributed by atoms with Crippen LogP contribution in [0.15, 0.2) is 54.6 Å². The van der Waals surface area contributed by atoms with Gasteiger partial charge in [0.05, 0.1) is 5.52 Å². The Balaban J connectivity index is 2.39.